The number of carboxylic acid groups (broad SMARTS) is 1. The second-order valence-electron chi connectivity index (χ2n) is 6.12. The first kappa shape index (κ1) is 19.7. The van der Waals surface area contributed by atoms with Gasteiger partial charge in [-0.25, -0.2) is 4.79 Å². The minimum Gasteiger partial charge on any atom is -0.465 e. The van der Waals surface area contributed by atoms with Gasteiger partial charge < -0.3 is 30.5 Å². The maximum atomic E-state index is 12.3. The largest absolute Gasteiger partial charge is 0.465 e. The third kappa shape index (κ3) is 4.70. The summed E-state index contributed by atoms with van der Waals surface area (Å²) in [5, 5.41) is 22.8. The Balaban J connectivity index is 2.07. The molecular formula is C17H23N3O6. The van der Waals surface area contributed by atoms with Crippen molar-refractivity contribution in [3.63, 3.8) is 0 Å². The van der Waals surface area contributed by atoms with Crippen LogP contribution in [0.15, 0.2) is 18.2 Å². The van der Waals surface area contributed by atoms with Gasteiger partial charge in [0.25, 0.3) is 5.91 Å². The Bertz CT molecular complexity index is 693. The highest BCUT2D eigenvalue weighted by Crippen LogP contribution is 2.25. The molecule has 142 valence electrons. The number of aliphatic hydroxyl groups is 1. The quantitative estimate of drug-likeness (QED) is 0.583. The van der Waals surface area contributed by atoms with Crippen LogP contribution in [-0.4, -0.2) is 60.5 Å². The van der Waals surface area contributed by atoms with E-state index in [1.54, 1.807) is 23.1 Å². The van der Waals surface area contributed by atoms with E-state index in [2.05, 4.69) is 10.6 Å². The average molecular weight is 365 g/mol. The first-order chi connectivity index (χ1) is 12.3. The zero-order chi connectivity index (χ0) is 19.3. The molecule has 2 atom stereocenters. The molecule has 1 aromatic carbocycles. The van der Waals surface area contributed by atoms with E-state index in [0.717, 1.165) is 11.3 Å². The summed E-state index contributed by atoms with van der Waals surface area (Å²) in [5.41, 5.74) is 2.09. The predicted molar refractivity (Wildman–Crippen MR) is 94.2 cm³/mol. The molecular weight excluding hydrogens is 342 g/mol. The number of amides is 3. The number of hydrogen-bond acceptors (Lipinski definition) is 5. The summed E-state index contributed by atoms with van der Waals surface area (Å²) in [6.45, 7) is 3.87. The second-order valence-corrected chi connectivity index (χ2v) is 6.12. The van der Waals surface area contributed by atoms with Gasteiger partial charge in [0.1, 0.15) is 6.61 Å². The monoisotopic (exact) mass is 365 g/mol. The Labute approximate surface area is 150 Å². The Morgan fingerprint density at radius 2 is 2.12 bits per heavy atom. The van der Waals surface area contributed by atoms with E-state index >= 15 is 0 Å². The number of aryl methyl sites for hydroxylation is 1. The molecule has 0 bridgehead atoms. The molecule has 9 heteroatoms. The van der Waals surface area contributed by atoms with Gasteiger partial charge in [-0.15, -0.1) is 0 Å². The van der Waals surface area contributed by atoms with Crippen LogP contribution in [0, 0.1) is 12.8 Å². The lowest BCUT2D eigenvalue weighted by Crippen LogP contribution is -2.45. The number of rotatable bonds is 6. The summed E-state index contributed by atoms with van der Waals surface area (Å²) in [6, 6.07) is 4.26. The maximum Gasteiger partial charge on any atom is 0.404 e. The Hall–Kier alpha value is -2.65. The number of hydrogen-bond donors (Lipinski definition) is 4. The normalized spacial score (nSPS) is 16.7. The molecule has 1 saturated heterocycles. The molecule has 0 radical (unpaired) electrons. The maximum absolute atomic E-state index is 12.3. The van der Waals surface area contributed by atoms with E-state index in [1.165, 1.54) is 6.92 Å². The molecule has 3 amide bonds. The van der Waals surface area contributed by atoms with E-state index in [0.29, 0.717) is 18.8 Å². The molecule has 1 fully saturated rings. The van der Waals surface area contributed by atoms with Crippen LogP contribution in [0.3, 0.4) is 0 Å². The fourth-order valence-electron chi connectivity index (χ4n) is 2.73. The van der Waals surface area contributed by atoms with Gasteiger partial charge in [-0.05, 0) is 30.7 Å². The number of aliphatic hydroxyl groups excluding tert-OH is 1. The molecule has 1 aliphatic rings. The van der Waals surface area contributed by atoms with Crippen molar-refractivity contribution in [1.82, 2.24) is 5.32 Å². The van der Waals surface area contributed by atoms with E-state index < -0.39 is 30.6 Å². The van der Waals surface area contributed by atoms with Crippen LogP contribution in [0.4, 0.5) is 16.2 Å². The number of morpholine rings is 1. The third-order valence-corrected chi connectivity index (χ3v) is 4.26. The zero-order valence-electron chi connectivity index (χ0n) is 14.7. The van der Waals surface area contributed by atoms with Gasteiger partial charge >= 0.3 is 6.09 Å². The number of anilines is 2. The fraction of sp³-hybridized carbons (Fsp3) is 0.471. The molecule has 0 saturated carbocycles. The number of benzene rings is 1. The van der Waals surface area contributed by atoms with Crippen molar-refractivity contribution in [1.29, 1.82) is 0 Å². The van der Waals surface area contributed by atoms with Crippen LogP contribution < -0.4 is 15.5 Å². The van der Waals surface area contributed by atoms with Crippen LogP contribution in [0.1, 0.15) is 12.5 Å². The van der Waals surface area contributed by atoms with Gasteiger partial charge in [0, 0.05) is 17.9 Å². The number of nitrogens with zero attached hydrogens (tertiary/aromatic N) is 1. The Kier molecular flexibility index (Phi) is 6.53. The summed E-state index contributed by atoms with van der Waals surface area (Å²) in [7, 11) is 0. The summed E-state index contributed by atoms with van der Waals surface area (Å²) >= 11 is 0. The molecule has 1 aliphatic heterocycles. The SMILES string of the molecule is Cc1cc(NC(=O)[C@H](C)[C@H](CO)NC(=O)O)ccc1N1CCOCC1=O. The molecule has 2 rings (SSSR count). The number of carbonyl (C=O) groups is 3. The van der Waals surface area contributed by atoms with Crippen LogP contribution in [0.2, 0.25) is 0 Å². The van der Waals surface area contributed by atoms with Gasteiger partial charge in [-0.2, -0.15) is 0 Å². The van der Waals surface area contributed by atoms with Crippen molar-refractivity contribution in [3.8, 4) is 0 Å². The van der Waals surface area contributed by atoms with Crippen molar-refractivity contribution in [3.05, 3.63) is 23.8 Å². The van der Waals surface area contributed by atoms with Crippen molar-refractivity contribution in [2.24, 2.45) is 5.92 Å². The average Bonchev–Trinajstić information content (AvgIpc) is 2.60. The molecule has 1 heterocycles. The lowest BCUT2D eigenvalue weighted by molar-refractivity contribution is -0.125. The van der Waals surface area contributed by atoms with Crippen molar-refractivity contribution in [2.75, 3.05) is 36.6 Å². The Morgan fingerprint density at radius 3 is 2.69 bits per heavy atom. The minimum atomic E-state index is -1.31. The number of ether oxygens (including phenoxy) is 1. The molecule has 0 aliphatic carbocycles. The minimum absolute atomic E-state index is 0.0502. The van der Waals surface area contributed by atoms with Crippen LogP contribution >= 0.6 is 0 Å². The molecule has 0 unspecified atom stereocenters. The fourth-order valence-corrected chi connectivity index (χ4v) is 2.73. The molecule has 0 spiro atoms. The van der Waals surface area contributed by atoms with Crippen molar-refractivity contribution < 1.29 is 29.3 Å². The van der Waals surface area contributed by atoms with E-state index in [4.69, 9.17) is 9.84 Å². The van der Waals surface area contributed by atoms with E-state index in [-0.39, 0.29) is 12.5 Å². The lowest BCUT2D eigenvalue weighted by atomic mass is 10.0. The highest BCUT2D eigenvalue weighted by Gasteiger charge is 2.26. The Morgan fingerprint density at radius 1 is 1.38 bits per heavy atom. The summed E-state index contributed by atoms with van der Waals surface area (Å²) < 4.78 is 5.12. The third-order valence-electron chi connectivity index (χ3n) is 4.26. The number of carbonyl (C=O) groups excluding carboxylic acids is 2. The van der Waals surface area contributed by atoms with Gasteiger partial charge in [-0.1, -0.05) is 6.92 Å². The van der Waals surface area contributed by atoms with E-state index in [1.807, 2.05) is 6.92 Å². The number of nitrogens with one attached hydrogen (secondary N) is 2. The molecule has 0 aromatic heterocycles. The second kappa shape index (κ2) is 8.63. The van der Waals surface area contributed by atoms with Crippen LogP contribution in [-0.2, 0) is 14.3 Å². The summed E-state index contributed by atoms with van der Waals surface area (Å²) in [4.78, 5) is 36.6. The van der Waals surface area contributed by atoms with Crippen molar-refractivity contribution in [2.45, 2.75) is 19.9 Å². The highest BCUT2D eigenvalue weighted by molar-refractivity contribution is 5.97. The van der Waals surface area contributed by atoms with Crippen molar-refractivity contribution >= 4 is 29.3 Å². The smallest absolute Gasteiger partial charge is 0.404 e. The first-order valence-corrected chi connectivity index (χ1v) is 8.23. The lowest BCUT2D eigenvalue weighted by Gasteiger charge is -2.28. The predicted octanol–water partition coefficient (Wildman–Crippen LogP) is 0.561. The summed E-state index contributed by atoms with van der Waals surface area (Å²) in [6.07, 6.45) is -1.31. The summed E-state index contributed by atoms with van der Waals surface area (Å²) in [5.74, 6) is -1.31. The highest BCUT2D eigenvalue weighted by atomic mass is 16.5. The molecule has 9 nitrogen and oxygen atoms in total. The molecule has 26 heavy (non-hydrogen) atoms. The van der Waals surface area contributed by atoms with Crippen LogP contribution in [0.5, 0.6) is 0 Å². The van der Waals surface area contributed by atoms with E-state index in [9.17, 15) is 19.5 Å². The first-order valence-electron chi connectivity index (χ1n) is 8.23. The van der Waals surface area contributed by atoms with Crippen LogP contribution in [0.25, 0.3) is 0 Å². The van der Waals surface area contributed by atoms with Gasteiger partial charge in [-0.3, -0.25) is 9.59 Å². The topological polar surface area (TPSA) is 128 Å². The van der Waals surface area contributed by atoms with Gasteiger partial charge in [0.2, 0.25) is 5.91 Å². The molecule has 4 N–H and O–H groups in total. The standard InChI is InChI=1S/C17H23N3O6/c1-10-7-12(3-4-14(10)20-5-6-26-9-15(20)22)18-16(23)11(2)13(8-21)19-17(24)25/h3-4,7,11,13,19,21H,5-6,8-9H2,1-2H3,(H,18,23)(H,24,25)/t11-,13+/m1/s1. The van der Waals surface area contributed by atoms with Gasteiger partial charge in [0.05, 0.1) is 25.2 Å². The molecule has 1 aromatic rings. The zero-order valence-corrected chi connectivity index (χ0v) is 14.7. The van der Waals surface area contributed by atoms with Gasteiger partial charge in [0.15, 0.2) is 0 Å².